The summed E-state index contributed by atoms with van der Waals surface area (Å²) in [7, 11) is 0. The molecule has 0 heterocycles. The Hall–Kier alpha value is -2.17. The molecule has 0 aromatic heterocycles. The molecule has 0 aliphatic carbocycles. The molecule has 0 radical (unpaired) electrons. The fourth-order valence-electron chi connectivity index (χ4n) is 2.58. The fourth-order valence-corrected chi connectivity index (χ4v) is 2.58. The fraction of sp³-hybridized carbons (Fsp3) is 0.316. The first-order valence-corrected chi connectivity index (χ1v) is 7.92. The van der Waals surface area contributed by atoms with Crippen molar-refractivity contribution < 1.29 is 4.79 Å². The lowest BCUT2D eigenvalue weighted by Crippen LogP contribution is -2.36. The number of hydrogen-bond acceptors (Lipinski definition) is 3. The molecule has 0 bridgehead atoms. The molecule has 0 saturated heterocycles. The summed E-state index contributed by atoms with van der Waals surface area (Å²) in [6.07, 6.45) is 0. The smallest absolute Gasteiger partial charge is 0.238 e. The SMILES string of the molecule is Cc1ccc(NC(=O)CN(CCN)Cc2ccccc2)c(C)c1. The summed E-state index contributed by atoms with van der Waals surface area (Å²) in [5.41, 5.74) is 9.99. The molecule has 2 rings (SSSR count). The molecule has 0 unspecified atom stereocenters. The highest BCUT2D eigenvalue weighted by molar-refractivity contribution is 5.93. The van der Waals surface area contributed by atoms with Crippen LogP contribution in [-0.2, 0) is 11.3 Å². The molecule has 2 aromatic carbocycles. The number of nitrogens with two attached hydrogens (primary N) is 1. The van der Waals surface area contributed by atoms with Crippen molar-refractivity contribution >= 4 is 11.6 Å². The summed E-state index contributed by atoms with van der Waals surface area (Å²) in [5, 5.41) is 2.99. The zero-order valence-corrected chi connectivity index (χ0v) is 13.9. The first-order valence-electron chi connectivity index (χ1n) is 7.92. The van der Waals surface area contributed by atoms with Crippen molar-refractivity contribution in [1.29, 1.82) is 0 Å². The first kappa shape index (κ1) is 17.2. The van der Waals surface area contributed by atoms with Gasteiger partial charge in [-0.25, -0.2) is 0 Å². The minimum atomic E-state index is -0.0127. The molecule has 1 amide bonds. The minimum Gasteiger partial charge on any atom is -0.329 e. The second-order valence-electron chi connectivity index (χ2n) is 5.85. The van der Waals surface area contributed by atoms with E-state index in [0.29, 0.717) is 19.6 Å². The Morgan fingerprint density at radius 3 is 2.52 bits per heavy atom. The van der Waals surface area contributed by atoms with Gasteiger partial charge in [-0.2, -0.15) is 0 Å². The Bertz CT molecular complexity index is 640. The lowest BCUT2D eigenvalue weighted by molar-refractivity contribution is -0.117. The maximum Gasteiger partial charge on any atom is 0.238 e. The first-order chi connectivity index (χ1) is 11.1. The van der Waals surface area contributed by atoms with Gasteiger partial charge in [-0.1, -0.05) is 48.0 Å². The highest BCUT2D eigenvalue weighted by Crippen LogP contribution is 2.16. The molecule has 0 spiro atoms. The zero-order valence-electron chi connectivity index (χ0n) is 13.9. The Morgan fingerprint density at radius 2 is 1.87 bits per heavy atom. The molecule has 0 saturated carbocycles. The van der Waals surface area contributed by atoms with Crippen LogP contribution in [0.1, 0.15) is 16.7 Å². The van der Waals surface area contributed by atoms with E-state index in [1.807, 2.05) is 44.2 Å². The average molecular weight is 311 g/mol. The third-order valence-corrected chi connectivity index (χ3v) is 3.72. The van der Waals surface area contributed by atoms with Crippen LogP contribution in [0, 0.1) is 13.8 Å². The van der Waals surface area contributed by atoms with Crippen LogP contribution in [0.4, 0.5) is 5.69 Å². The van der Waals surface area contributed by atoms with E-state index in [4.69, 9.17) is 5.73 Å². The highest BCUT2D eigenvalue weighted by Gasteiger charge is 2.12. The number of aryl methyl sites for hydroxylation is 2. The number of amides is 1. The maximum absolute atomic E-state index is 12.3. The standard InChI is InChI=1S/C19H25N3O/c1-15-8-9-18(16(2)12-15)21-19(23)14-22(11-10-20)13-17-6-4-3-5-7-17/h3-9,12H,10-11,13-14,20H2,1-2H3,(H,21,23). The maximum atomic E-state index is 12.3. The van der Waals surface area contributed by atoms with Gasteiger partial charge in [0.15, 0.2) is 0 Å². The van der Waals surface area contributed by atoms with Crippen molar-refractivity contribution in [1.82, 2.24) is 4.90 Å². The number of benzene rings is 2. The summed E-state index contributed by atoms with van der Waals surface area (Å²) in [6.45, 7) is 6.32. The lowest BCUT2D eigenvalue weighted by Gasteiger charge is -2.21. The number of carbonyl (C=O) groups is 1. The molecule has 0 aliphatic heterocycles. The van der Waals surface area contributed by atoms with Crippen LogP contribution in [-0.4, -0.2) is 30.4 Å². The van der Waals surface area contributed by atoms with Crippen LogP contribution < -0.4 is 11.1 Å². The van der Waals surface area contributed by atoms with E-state index < -0.39 is 0 Å². The van der Waals surface area contributed by atoms with E-state index in [-0.39, 0.29) is 5.91 Å². The normalized spacial score (nSPS) is 10.8. The van der Waals surface area contributed by atoms with E-state index in [2.05, 4.69) is 28.4 Å². The average Bonchev–Trinajstić information content (AvgIpc) is 2.51. The summed E-state index contributed by atoms with van der Waals surface area (Å²) < 4.78 is 0. The van der Waals surface area contributed by atoms with E-state index >= 15 is 0 Å². The molecule has 4 nitrogen and oxygen atoms in total. The molecular weight excluding hydrogens is 286 g/mol. The van der Waals surface area contributed by atoms with Crippen molar-refractivity contribution in [2.75, 3.05) is 25.0 Å². The topological polar surface area (TPSA) is 58.4 Å². The van der Waals surface area contributed by atoms with Crippen molar-refractivity contribution in [3.8, 4) is 0 Å². The molecular formula is C19H25N3O. The third-order valence-electron chi connectivity index (χ3n) is 3.72. The molecule has 122 valence electrons. The van der Waals surface area contributed by atoms with Gasteiger partial charge in [0.1, 0.15) is 0 Å². The summed E-state index contributed by atoms with van der Waals surface area (Å²) in [5.74, 6) is -0.0127. The Labute approximate surface area is 138 Å². The second-order valence-corrected chi connectivity index (χ2v) is 5.85. The van der Waals surface area contributed by atoms with Gasteiger partial charge in [-0.05, 0) is 31.0 Å². The van der Waals surface area contributed by atoms with Crippen LogP contribution in [0.5, 0.6) is 0 Å². The molecule has 2 aromatic rings. The van der Waals surface area contributed by atoms with Crippen LogP contribution in [0.2, 0.25) is 0 Å². The number of nitrogens with zero attached hydrogens (tertiary/aromatic N) is 1. The third kappa shape index (κ3) is 5.51. The predicted molar refractivity (Wildman–Crippen MR) is 95.3 cm³/mol. The van der Waals surface area contributed by atoms with Crippen LogP contribution >= 0.6 is 0 Å². The van der Waals surface area contributed by atoms with Gasteiger partial charge in [0, 0.05) is 25.3 Å². The largest absolute Gasteiger partial charge is 0.329 e. The summed E-state index contributed by atoms with van der Waals surface area (Å²) >= 11 is 0. The van der Waals surface area contributed by atoms with Crippen molar-refractivity contribution in [3.05, 3.63) is 65.2 Å². The van der Waals surface area contributed by atoms with Crippen molar-refractivity contribution in [2.24, 2.45) is 5.73 Å². The summed E-state index contributed by atoms with van der Waals surface area (Å²) in [6, 6.07) is 16.1. The molecule has 0 fully saturated rings. The number of hydrogen-bond donors (Lipinski definition) is 2. The molecule has 4 heteroatoms. The Kier molecular flexibility index (Phi) is 6.32. The van der Waals surface area contributed by atoms with Gasteiger partial charge in [0.2, 0.25) is 5.91 Å². The van der Waals surface area contributed by atoms with Crippen LogP contribution in [0.25, 0.3) is 0 Å². The van der Waals surface area contributed by atoms with Gasteiger partial charge in [0.05, 0.1) is 6.54 Å². The second kappa shape index (κ2) is 8.46. The Morgan fingerprint density at radius 1 is 1.13 bits per heavy atom. The predicted octanol–water partition coefficient (Wildman–Crippen LogP) is 2.70. The lowest BCUT2D eigenvalue weighted by atomic mass is 10.1. The van der Waals surface area contributed by atoms with Crippen LogP contribution in [0.15, 0.2) is 48.5 Å². The number of anilines is 1. The van der Waals surface area contributed by atoms with Gasteiger partial charge in [-0.3, -0.25) is 9.69 Å². The van der Waals surface area contributed by atoms with Crippen molar-refractivity contribution in [2.45, 2.75) is 20.4 Å². The Balaban J connectivity index is 1.97. The number of nitrogens with one attached hydrogen (secondary N) is 1. The van der Waals surface area contributed by atoms with Gasteiger partial charge < -0.3 is 11.1 Å². The molecule has 0 aliphatic rings. The van der Waals surface area contributed by atoms with E-state index in [1.54, 1.807) is 0 Å². The van der Waals surface area contributed by atoms with E-state index in [9.17, 15) is 4.79 Å². The minimum absolute atomic E-state index is 0.0127. The number of rotatable bonds is 7. The van der Waals surface area contributed by atoms with E-state index in [1.165, 1.54) is 11.1 Å². The molecule has 3 N–H and O–H groups in total. The zero-order chi connectivity index (χ0) is 16.7. The van der Waals surface area contributed by atoms with Crippen LogP contribution in [0.3, 0.4) is 0 Å². The van der Waals surface area contributed by atoms with Gasteiger partial charge in [-0.15, -0.1) is 0 Å². The quantitative estimate of drug-likeness (QED) is 0.826. The van der Waals surface area contributed by atoms with Crippen molar-refractivity contribution in [3.63, 3.8) is 0 Å². The molecule has 0 atom stereocenters. The summed E-state index contributed by atoms with van der Waals surface area (Å²) in [4.78, 5) is 14.4. The number of carbonyl (C=O) groups excluding carboxylic acids is 1. The van der Waals surface area contributed by atoms with E-state index in [0.717, 1.165) is 17.8 Å². The van der Waals surface area contributed by atoms with Gasteiger partial charge >= 0.3 is 0 Å². The highest BCUT2D eigenvalue weighted by atomic mass is 16.2. The molecule has 23 heavy (non-hydrogen) atoms. The monoisotopic (exact) mass is 311 g/mol. The van der Waals surface area contributed by atoms with Gasteiger partial charge in [0.25, 0.3) is 0 Å².